The Bertz CT molecular complexity index is 180. The van der Waals surface area contributed by atoms with E-state index in [2.05, 4.69) is 12.6 Å². The molecule has 0 aliphatic rings. The quantitative estimate of drug-likeness (QED) is 0.636. The first-order valence-electron chi connectivity index (χ1n) is 4.19. The lowest BCUT2D eigenvalue weighted by Gasteiger charge is -2.17. The van der Waals surface area contributed by atoms with Gasteiger partial charge in [-0.1, -0.05) is 0 Å². The monoisotopic (exact) mass is 205 g/mol. The lowest BCUT2D eigenvalue weighted by atomic mass is 10.5. The molecule has 0 unspecified atom stereocenters. The van der Waals surface area contributed by atoms with Crippen LogP contribution in [0.3, 0.4) is 0 Å². The van der Waals surface area contributed by atoms with Crippen LogP contribution >= 0.6 is 12.6 Å². The molecule has 0 radical (unpaired) electrons. The van der Waals surface area contributed by atoms with E-state index in [9.17, 15) is 9.59 Å². The van der Waals surface area contributed by atoms with Crippen molar-refractivity contribution in [2.45, 2.75) is 13.8 Å². The van der Waals surface area contributed by atoms with Gasteiger partial charge in [0.25, 0.3) is 0 Å². The molecule has 0 aromatic carbocycles. The van der Waals surface area contributed by atoms with Crippen LogP contribution in [0.15, 0.2) is 0 Å². The third-order valence-electron chi connectivity index (χ3n) is 1.57. The molecule has 4 nitrogen and oxygen atoms in total. The van der Waals surface area contributed by atoms with Gasteiger partial charge in [0.2, 0.25) is 11.0 Å². The first kappa shape index (κ1) is 12.4. The van der Waals surface area contributed by atoms with Crippen LogP contribution < -0.4 is 0 Å². The van der Waals surface area contributed by atoms with Gasteiger partial charge in [0.1, 0.15) is 13.2 Å². The predicted octanol–water partition coefficient (Wildman–Crippen LogP) is 0.328. The van der Waals surface area contributed by atoms with Crippen molar-refractivity contribution in [1.29, 1.82) is 0 Å². The summed E-state index contributed by atoms with van der Waals surface area (Å²) in [6.07, 6.45) is 0. The number of rotatable bonds is 6. The van der Waals surface area contributed by atoms with E-state index in [-0.39, 0.29) is 24.2 Å². The van der Waals surface area contributed by atoms with Crippen LogP contribution in [-0.2, 0) is 14.3 Å². The number of hydrogen-bond acceptors (Lipinski definition) is 3. The molecule has 0 aromatic rings. The predicted molar refractivity (Wildman–Crippen MR) is 52.7 cm³/mol. The highest BCUT2D eigenvalue weighted by Crippen LogP contribution is 1.90. The Labute approximate surface area is 83.6 Å². The molecular formula is C8H15NO3S. The lowest BCUT2D eigenvalue weighted by molar-refractivity contribution is -0.136. The molecule has 0 bridgehead atoms. The maximum Gasteiger partial charge on any atom is 0.248 e. The van der Waals surface area contributed by atoms with Gasteiger partial charge in [0.05, 0.1) is 0 Å². The highest BCUT2D eigenvalue weighted by molar-refractivity contribution is 7.96. The average Bonchev–Trinajstić information content (AvgIpc) is 2.05. The average molecular weight is 205 g/mol. The van der Waals surface area contributed by atoms with Crippen molar-refractivity contribution < 1.29 is 14.3 Å². The molecule has 0 aliphatic carbocycles. The van der Waals surface area contributed by atoms with Crippen LogP contribution in [0.25, 0.3) is 0 Å². The maximum atomic E-state index is 11.3. The van der Waals surface area contributed by atoms with Gasteiger partial charge in [0.15, 0.2) is 0 Å². The number of hydrogen-bond donors (Lipinski definition) is 1. The van der Waals surface area contributed by atoms with Gasteiger partial charge in [0, 0.05) is 13.1 Å². The zero-order valence-electron chi connectivity index (χ0n) is 7.95. The molecule has 0 N–H and O–H groups in total. The second-order valence-electron chi connectivity index (χ2n) is 2.45. The molecule has 13 heavy (non-hydrogen) atoms. The zero-order chi connectivity index (χ0) is 10.3. The molecule has 0 heterocycles. The SMILES string of the molecule is CCN(CC)C(=O)COCC(=O)S. The summed E-state index contributed by atoms with van der Waals surface area (Å²) < 4.78 is 4.82. The smallest absolute Gasteiger partial charge is 0.248 e. The molecule has 0 saturated heterocycles. The van der Waals surface area contributed by atoms with Gasteiger partial charge < -0.3 is 9.64 Å². The van der Waals surface area contributed by atoms with Crippen LogP contribution in [0.5, 0.6) is 0 Å². The third-order valence-corrected chi connectivity index (χ3v) is 1.70. The summed E-state index contributed by atoms with van der Waals surface area (Å²) in [4.78, 5) is 23.2. The summed E-state index contributed by atoms with van der Waals surface area (Å²) in [5.41, 5.74) is 0. The van der Waals surface area contributed by atoms with E-state index in [1.807, 2.05) is 13.8 Å². The number of carbonyl (C=O) groups is 2. The fraction of sp³-hybridized carbons (Fsp3) is 0.750. The Morgan fingerprint density at radius 3 is 2.15 bits per heavy atom. The van der Waals surface area contributed by atoms with Gasteiger partial charge >= 0.3 is 0 Å². The Morgan fingerprint density at radius 1 is 1.23 bits per heavy atom. The van der Waals surface area contributed by atoms with Crippen LogP contribution in [0.2, 0.25) is 0 Å². The number of nitrogens with zero attached hydrogens (tertiary/aromatic N) is 1. The van der Waals surface area contributed by atoms with Gasteiger partial charge in [-0.25, -0.2) is 0 Å². The molecule has 5 heteroatoms. The largest absolute Gasteiger partial charge is 0.363 e. The Hall–Kier alpha value is -0.550. The minimum Gasteiger partial charge on any atom is -0.363 e. The zero-order valence-corrected chi connectivity index (χ0v) is 8.84. The normalized spacial score (nSPS) is 9.77. The van der Waals surface area contributed by atoms with Gasteiger partial charge in [-0.2, -0.15) is 0 Å². The van der Waals surface area contributed by atoms with Crippen molar-refractivity contribution in [2.24, 2.45) is 0 Å². The van der Waals surface area contributed by atoms with Crippen molar-refractivity contribution in [2.75, 3.05) is 26.3 Å². The molecule has 0 saturated carbocycles. The number of likely N-dealkylation sites (N-methyl/N-ethyl adjacent to an activating group) is 1. The van der Waals surface area contributed by atoms with Crippen LogP contribution in [-0.4, -0.2) is 42.2 Å². The van der Waals surface area contributed by atoms with E-state index >= 15 is 0 Å². The first-order valence-corrected chi connectivity index (χ1v) is 4.63. The Balaban J connectivity index is 3.66. The molecule has 1 amide bonds. The minimum absolute atomic E-state index is 0.0476. The van der Waals surface area contributed by atoms with Crippen LogP contribution in [0.4, 0.5) is 0 Å². The van der Waals surface area contributed by atoms with E-state index in [1.54, 1.807) is 4.90 Å². The van der Waals surface area contributed by atoms with Gasteiger partial charge in [-0.15, -0.1) is 12.6 Å². The Morgan fingerprint density at radius 2 is 1.77 bits per heavy atom. The summed E-state index contributed by atoms with van der Waals surface area (Å²) in [6, 6.07) is 0. The molecule has 76 valence electrons. The molecule has 0 spiro atoms. The lowest BCUT2D eigenvalue weighted by Crippen LogP contribution is -2.33. The maximum absolute atomic E-state index is 11.3. The minimum atomic E-state index is -0.368. The second-order valence-corrected chi connectivity index (χ2v) is 2.95. The van der Waals surface area contributed by atoms with E-state index < -0.39 is 0 Å². The fourth-order valence-electron chi connectivity index (χ4n) is 0.893. The molecule has 0 atom stereocenters. The summed E-state index contributed by atoms with van der Waals surface area (Å²) in [5.74, 6) is -0.0976. The molecule has 0 aromatic heterocycles. The topological polar surface area (TPSA) is 46.6 Å². The fourth-order valence-corrected chi connectivity index (χ4v) is 0.985. The molecule has 0 fully saturated rings. The standard InChI is InChI=1S/C8H15NO3S/c1-3-9(4-2)7(10)5-12-6-8(11)13/h3-6H2,1-2H3,(H,11,13). The summed E-state index contributed by atoms with van der Waals surface area (Å²) in [7, 11) is 0. The number of thiol groups is 1. The first-order chi connectivity index (χ1) is 6.11. The summed E-state index contributed by atoms with van der Waals surface area (Å²) in [6.45, 7) is 4.95. The van der Waals surface area contributed by atoms with Crippen LogP contribution in [0, 0.1) is 0 Å². The number of ether oxygens (including phenoxy) is 1. The third kappa shape index (κ3) is 5.65. The van der Waals surface area contributed by atoms with E-state index in [1.165, 1.54) is 0 Å². The van der Waals surface area contributed by atoms with E-state index in [4.69, 9.17) is 4.74 Å². The summed E-state index contributed by atoms with van der Waals surface area (Å²) >= 11 is 3.51. The van der Waals surface area contributed by atoms with Crippen molar-refractivity contribution >= 4 is 23.7 Å². The second kappa shape index (κ2) is 6.91. The highest BCUT2D eigenvalue weighted by atomic mass is 32.1. The summed E-state index contributed by atoms with van der Waals surface area (Å²) in [5, 5.41) is -0.368. The van der Waals surface area contributed by atoms with Crippen molar-refractivity contribution in [3.63, 3.8) is 0 Å². The van der Waals surface area contributed by atoms with Crippen molar-refractivity contribution in [3.8, 4) is 0 Å². The molecule has 0 rings (SSSR count). The molecule has 0 aliphatic heterocycles. The highest BCUT2D eigenvalue weighted by Gasteiger charge is 2.09. The Kier molecular flexibility index (Phi) is 6.62. The van der Waals surface area contributed by atoms with Crippen molar-refractivity contribution in [3.05, 3.63) is 0 Å². The number of amides is 1. The van der Waals surface area contributed by atoms with Crippen LogP contribution in [0.1, 0.15) is 13.8 Å². The van der Waals surface area contributed by atoms with Gasteiger partial charge in [-0.05, 0) is 13.8 Å². The van der Waals surface area contributed by atoms with Crippen molar-refractivity contribution in [1.82, 2.24) is 4.90 Å². The van der Waals surface area contributed by atoms with E-state index in [0.29, 0.717) is 13.1 Å². The van der Waals surface area contributed by atoms with Gasteiger partial charge in [-0.3, -0.25) is 9.59 Å². The molecular weight excluding hydrogens is 190 g/mol. The number of carbonyl (C=O) groups excluding carboxylic acids is 2. The van der Waals surface area contributed by atoms with E-state index in [0.717, 1.165) is 0 Å².